The quantitative estimate of drug-likeness (QED) is 0.836. The normalized spacial score (nSPS) is 21.9. The van der Waals surface area contributed by atoms with Crippen LogP contribution in [-0.4, -0.2) is 34.0 Å². The van der Waals surface area contributed by atoms with Gasteiger partial charge >= 0.3 is 5.97 Å². The Balaban J connectivity index is 1.93. The Hall–Kier alpha value is -1.42. The van der Waals surface area contributed by atoms with Gasteiger partial charge in [-0.25, -0.2) is 0 Å². The number of carboxylic acids is 1. The summed E-state index contributed by atoms with van der Waals surface area (Å²) in [6, 6.07) is 3.95. The van der Waals surface area contributed by atoms with E-state index in [2.05, 4.69) is 9.88 Å². The van der Waals surface area contributed by atoms with Crippen LogP contribution >= 0.6 is 0 Å². The molecule has 1 aromatic rings. The number of carbonyl (C=O) groups is 1. The number of hydrogen-bond acceptors (Lipinski definition) is 3. The van der Waals surface area contributed by atoms with Crippen molar-refractivity contribution in [2.45, 2.75) is 19.4 Å². The molecule has 1 aliphatic heterocycles. The highest BCUT2D eigenvalue weighted by atomic mass is 16.4. The fraction of sp³-hybridized carbons (Fsp3) is 0.500. The number of aromatic nitrogens is 1. The van der Waals surface area contributed by atoms with E-state index in [1.807, 2.05) is 12.1 Å². The standard InChI is InChI=1S/C12H16N2O2/c15-12(16)11-2-1-7-14(9-11)8-10-3-5-13-6-4-10/h3-6,11H,1-2,7-9H2,(H,15,16)/t11-/m0/s1. The molecule has 0 bridgehead atoms. The van der Waals surface area contributed by atoms with Gasteiger partial charge in [0.15, 0.2) is 0 Å². The van der Waals surface area contributed by atoms with Gasteiger partial charge in [-0.15, -0.1) is 0 Å². The highest BCUT2D eigenvalue weighted by Gasteiger charge is 2.24. The van der Waals surface area contributed by atoms with Crippen molar-refractivity contribution in [1.82, 2.24) is 9.88 Å². The average Bonchev–Trinajstić information content (AvgIpc) is 2.30. The first-order valence-corrected chi connectivity index (χ1v) is 5.60. The predicted octanol–water partition coefficient (Wildman–Crippen LogP) is 1.38. The minimum absolute atomic E-state index is 0.199. The monoisotopic (exact) mass is 220 g/mol. The average molecular weight is 220 g/mol. The van der Waals surface area contributed by atoms with Crippen LogP contribution in [0.1, 0.15) is 18.4 Å². The van der Waals surface area contributed by atoms with Crippen molar-refractivity contribution in [3.63, 3.8) is 0 Å². The van der Waals surface area contributed by atoms with Gasteiger partial charge in [-0.1, -0.05) is 0 Å². The Morgan fingerprint density at radius 1 is 1.50 bits per heavy atom. The fourth-order valence-electron chi connectivity index (χ4n) is 2.15. The second-order valence-electron chi connectivity index (χ2n) is 4.27. The molecule has 0 spiro atoms. The summed E-state index contributed by atoms with van der Waals surface area (Å²) in [5, 5.41) is 8.99. The largest absolute Gasteiger partial charge is 0.481 e. The van der Waals surface area contributed by atoms with E-state index in [0.29, 0.717) is 6.54 Å². The van der Waals surface area contributed by atoms with Gasteiger partial charge in [-0.3, -0.25) is 14.7 Å². The molecule has 86 valence electrons. The molecule has 0 saturated carbocycles. The summed E-state index contributed by atoms with van der Waals surface area (Å²) in [5.41, 5.74) is 1.20. The molecule has 4 nitrogen and oxygen atoms in total. The molecule has 1 atom stereocenters. The molecule has 1 aromatic heterocycles. The van der Waals surface area contributed by atoms with Crippen LogP contribution in [0.2, 0.25) is 0 Å². The van der Waals surface area contributed by atoms with Crippen LogP contribution in [0, 0.1) is 5.92 Å². The lowest BCUT2D eigenvalue weighted by molar-refractivity contribution is -0.143. The maximum Gasteiger partial charge on any atom is 0.307 e. The lowest BCUT2D eigenvalue weighted by atomic mass is 9.98. The van der Waals surface area contributed by atoms with Crippen molar-refractivity contribution in [2.75, 3.05) is 13.1 Å². The molecule has 4 heteroatoms. The van der Waals surface area contributed by atoms with E-state index in [4.69, 9.17) is 5.11 Å². The van der Waals surface area contributed by atoms with Gasteiger partial charge in [0.05, 0.1) is 5.92 Å². The van der Waals surface area contributed by atoms with Crippen LogP contribution in [0.4, 0.5) is 0 Å². The number of piperidine rings is 1. The molecule has 0 unspecified atom stereocenters. The molecule has 1 N–H and O–H groups in total. The van der Waals surface area contributed by atoms with E-state index in [0.717, 1.165) is 25.9 Å². The van der Waals surface area contributed by atoms with Crippen LogP contribution in [0.3, 0.4) is 0 Å². The lowest BCUT2D eigenvalue weighted by Gasteiger charge is -2.30. The first-order chi connectivity index (χ1) is 7.75. The highest BCUT2D eigenvalue weighted by molar-refractivity contribution is 5.70. The van der Waals surface area contributed by atoms with Crippen molar-refractivity contribution < 1.29 is 9.90 Å². The number of hydrogen-bond donors (Lipinski definition) is 1. The molecule has 0 aliphatic carbocycles. The Morgan fingerprint density at radius 2 is 2.25 bits per heavy atom. The minimum Gasteiger partial charge on any atom is -0.481 e. The van der Waals surface area contributed by atoms with Crippen molar-refractivity contribution in [3.8, 4) is 0 Å². The molecule has 0 aromatic carbocycles. The molecular weight excluding hydrogens is 204 g/mol. The highest BCUT2D eigenvalue weighted by Crippen LogP contribution is 2.18. The van der Waals surface area contributed by atoms with Crippen LogP contribution in [0.25, 0.3) is 0 Å². The SMILES string of the molecule is O=C(O)[C@H]1CCCN(Cc2ccncc2)C1. The van der Waals surface area contributed by atoms with Gasteiger partial charge in [-0.2, -0.15) is 0 Å². The van der Waals surface area contributed by atoms with Gasteiger partial charge in [0.25, 0.3) is 0 Å². The molecule has 16 heavy (non-hydrogen) atoms. The third kappa shape index (κ3) is 2.79. The molecule has 2 rings (SSSR count). The third-order valence-corrected chi connectivity index (χ3v) is 3.01. The predicted molar refractivity (Wildman–Crippen MR) is 59.9 cm³/mol. The molecule has 1 saturated heterocycles. The first kappa shape index (κ1) is 11.1. The molecule has 2 heterocycles. The zero-order valence-electron chi connectivity index (χ0n) is 9.17. The maximum atomic E-state index is 10.9. The molecule has 0 radical (unpaired) electrons. The van der Waals surface area contributed by atoms with Gasteiger partial charge in [0.1, 0.15) is 0 Å². The topological polar surface area (TPSA) is 53.4 Å². The van der Waals surface area contributed by atoms with Gasteiger partial charge < -0.3 is 5.11 Å². The number of likely N-dealkylation sites (tertiary alicyclic amines) is 1. The Bertz CT molecular complexity index is 353. The van der Waals surface area contributed by atoms with Crippen LogP contribution in [0.15, 0.2) is 24.5 Å². The van der Waals surface area contributed by atoms with Crippen molar-refractivity contribution >= 4 is 5.97 Å². The van der Waals surface area contributed by atoms with Crippen molar-refractivity contribution in [2.24, 2.45) is 5.92 Å². The van der Waals surface area contributed by atoms with Crippen molar-refractivity contribution in [1.29, 1.82) is 0 Å². The van der Waals surface area contributed by atoms with Gasteiger partial charge in [0, 0.05) is 25.5 Å². The van der Waals surface area contributed by atoms with E-state index < -0.39 is 5.97 Å². The van der Waals surface area contributed by atoms with E-state index in [1.54, 1.807) is 12.4 Å². The van der Waals surface area contributed by atoms with Crippen LogP contribution in [0.5, 0.6) is 0 Å². The molecule has 0 amide bonds. The molecule has 1 aliphatic rings. The number of nitrogens with zero attached hydrogens (tertiary/aromatic N) is 2. The maximum absolute atomic E-state index is 10.9. The van der Waals surface area contributed by atoms with Crippen LogP contribution < -0.4 is 0 Å². The second kappa shape index (κ2) is 5.07. The summed E-state index contributed by atoms with van der Waals surface area (Å²) < 4.78 is 0. The second-order valence-corrected chi connectivity index (χ2v) is 4.27. The number of pyridine rings is 1. The number of carboxylic acid groups (broad SMARTS) is 1. The van der Waals surface area contributed by atoms with E-state index >= 15 is 0 Å². The molecular formula is C12H16N2O2. The summed E-state index contributed by atoms with van der Waals surface area (Å²) in [6.45, 7) is 2.48. The summed E-state index contributed by atoms with van der Waals surface area (Å²) in [4.78, 5) is 17.1. The zero-order chi connectivity index (χ0) is 11.4. The van der Waals surface area contributed by atoms with Gasteiger partial charge in [0.2, 0.25) is 0 Å². The summed E-state index contributed by atoms with van der Waals surface area (Å²) in [7, 11) is 0. The Morgan fingerprint density at radius 3 is 2.94 bits per heavy atom. The van der Waals surface area contributed by atoms with E-state index in [1.165, 1.54) is 5.56 Å². The third-order valence-electron chi connectivity index (χ3n) is 3.01. The van der Waals surface area contributed by atoms with E-state index in [9.17, 15) is 4.79 Å². The fourth-order valence-corrected chi connectivity index (χ4v) is 2.15. The van der Waals surface area contributed by atoms with Crippen LogP contribution in [-0.2, 0) is 11.3 Å². The summed E-state index contributed by atoms with van der Waals surface area (Å²) in [5.74, 6) is -0.866. The number of rotatable bonds is 3. The van der Waals surface area contributed by atoms with E-state index in [-0.39, 0.29) is 5.92 Å². The smallest absolute Gasteiger partial charge is 0.307 e. The first-order valence-electron chi connectivity index (χ1n) is 5.60. The van der Waals surface area contributed by atoms with Gasteiger partial charge in [-0.05, 0) is 37.1 Å². The minimum atomic E-state index is -0.667. The zero-order valence-corrected chi connectivity index (χ0v) is 9.17. The van der Waals surface area contributed by atoms with Crippen molar-refractivity contribution in [3.05, 3.63) is 30.1 Å². The number of aliphatic carboxylic acids is 1. The molecule has 1 fully saturated rings. The summed E-state index contributed by atoms with van der Waals surface area (Å²) in [6.07, 6.45) is 5.33. The lowest BCUT2D eigenvalue weighted by Crippen LogP contribution is -2.38. The summed E-state index contributed by atoms with van der Waals surface area (Å²) >= 11 is 0. The Kier molecular flexibility index (Phi) is 3.51. The Labute approximate surface area is 94.9 Å².